The molecule has 0 bridgehead atoms. The number of rotatable bonds is 10. The van der Waals surface area contributed by atoms with Crippen molar-refractivity contribution in [2.24, 2.45) is 0 Å². The molecule has 2 amide bonds. The van der Waals surface area contributed by atoms with Crippen molar-refractivity contribution in [1.82, 2.24) is 10.2 Å². The second-order valence-electron chi connectivity index (χ2n) is 9.80. The molecule has 0 aliphatic heterocycles. The Bertz CT molecular complexity index is 1160. The maximum atomic E-state index is 13.7. The molecule has 196 valence electrons. The minimum Gasteiger partial charge on any atom is -0.352 e. The van der Waals surface area contributed by atoms with Crippen LogP contribution >= 0.6 is 0 Å². The van der Waals surface area contributed by atoms with Crippen LogP contribution in [0.1, 0.15) is 63.5 Å². The van der Waals surface area contributed by atoms with Crippen molar-refractivity contribution in [3.8, 4) is 0 Å². The first-order valence-corrected chi connectivity index (χ1v) is 14.2. The van der Waals surface area contributed by atoms with Crippen molar-refractivity contribution >= 4 is 27.5 Å². The number of hydrogen-bond donors (Lipinski definition) is 1. The minimum absolute atomic E-state index is 0.0342. The highest BCUT2D eigenvalue weighted by molar-refractivity contribution is 7.92. The number of sulfonamides is 1. The van der Waals surface area contributed by atoms with E-state index in [9.17, 15) is 22.4 Å². The van der Waals surface area contributed by atoms with Gasteiger partial charge in [0.15, 0.2) is 0 Å². The van der Waals surface area contributed by atoms with Gasteiger partial charge in [0.25, 0.3) is 0 Å². The standard InChI is InChI=1S/C27H36FN3O4S/c1-19(2)24-11-7-8-12-25(24)31(36(4,34)35)18-26(32)30(17-21-13-15-22(28)16-14-21)20(3)27(33)29-23-9-5-6-10-23/h7-8,11-16,19-20,23H,5-6,9-10,17-18H2,1-4H3,(H,29,33)/t20-/m1/s1. The number of halogens is 1. The highest BCUT2D eigenvalue weighted by Crippen LogP contribution is 2.29. The molecule has 1 aliphatic rings. The summed E-state index contributed by atoms with van der Waals surface area (Å²) in [6.45, 7) is 5.14. The number of carbonyl (C=O) groups is 2. The Morgan fingerprint density at radius 2 is 1.64 bits per heavy atom. The highest BCUT2D eigenvalue weighted by atomic mass is 32.2. The van der Waals surface area contributed by atoms with Gasteiger partial charge in [-0.15, -0.1) is 0 Å². The van der Waals surface area contributed by atoms with E-state index in [-0.39, 0.29) is 24.4 Å². The zero-order valence-corrected chi connectivity index (χ0v) is 22.2. The van der Waals surface area contributed by atoms with Crippen molar-refractivity contribution in [1.29, 1.82) is 0 Å². The topological polar surface area (TPSA) is 86.8 Å². The Morgan fingerprint density at radius 3 is 2.22 bits per heavy atom. The molecule has 3 rings (SSSR count). The second kappa shape index (κ2) is 11.9. The Balaban J connectivity index is 1.92. The zero-order chi connectivity index (χ0) is 26.5. The molecule has 1 saturated carbocycles. The number of nitrogens with zero attached hydrogens (tertiary/aromatic N) is 2. The van der Waals surface area contributed by atoms with Crippen LogP contribution in [0.15, 0.2) is 48.5 Å². The molecule has 1 aliphatic carbocycles. The van der Waals surface area contributed by atoms with Crippen LogP contribution in [0.2, 0.25) is 0 Å². The Labute approximate surface area is 213 Å². The lowest BCUT2D eigenvalue weighted by molar-refractivity contribution is -0.139. The molecule has 7 nitrogen and oxygen atoms in total. The van der Waals surface area contributed by atoms with Crippen molar-refractivity contribution < 1.29 is 22.4 Å². The van der Waals surface area contributed by atoms with Gasteiger partial charge in [-0.2, -0.15) is 0 Å². The van der Waals surface area contributed by atoms with Crippen LogP contribution in [0.4, 0.5) is 10.1 Å². The maximum absolute atomic E-state index is 13.7. The number of anilines is 1. The lowest BCUT2D eigenvalue weighted by Gasteiger charge is -2.32. The monoisotopic (exact) mass is 517 g/mol. The van der Waals surface area contributed by atoms with Crippen LogP contribution < -0.4 is 9.62 Å². The van der Waals surface area contributed by atoms with Gasteiger partial charge < -0.3 is 10.2 Å². The Hall–Kier alpha value is -2.94. The SMILES string of the molecule is CC(C)c1ccccc1N(CC(=O)N(Cc1ccc(F)cc1)[C@H](C)C(=O)NC1CCCC1)S(C)(=O)=O. The van der Waals surface area contributed by atoms with E-state index in [2.05, 4.69) is 5.32 Å². The van der Waals surface area contributed by atoms with E-state index in [1.807, 2.05) is 26.0 Å². The maximum Gasteiger partial charge on any atom is 0.244 e. The lowest BCUT2D eigenvalue weighted by Crippen LogP contribution is -2.52. The summed E-state index contributed by atoms with van der Waals surface area (Å²) in [6, 6.07) is 12.0. The molecule has 2 aromatic carbocycles. The van der Waals surface area contributed by atoms with Gasteiger partial charge in [0, 0.05) is 12.6 Å². The summed E-state index contributed by atoms with van der Waals surface area (Å²) in [7, 11) is -3.81. The molecule has 36 heavy (non-hydrogen) atoms. The normalized spacial score (nSPS) is 15.1. The molecule has 0 saturated heterocycles. The van der Waals surface area contributed by atoms with Crippen molar-refractivity contribution in [3.63, 3.8) is 0 Å². The minimum atomic E-state index is -3.81. The van der Waals surface area contributed by atoms with Crippen molar-refractivity contribution in [2.75, 3.05) is 17.1 Å². The fraction of sp³-hybridized carbons (Fsp3) is 0.481. The zero-order valence-electron chi connectivity index (χ0n) is 21.4. The number of hydrogen-bond acceptors (Lipinski definition) is 4. The fourth-order valence-corrected chi connectivity index (χ4v) is 5.43. The van der Waals surface area contributed by atoms with E-state index in [1.165, 1.54) is 17.0 Å². The van der Waals surface area contributed by atoms with Crippen LogP contribution in [-0.2, 0) is 26.2 Å². The Morgan fingerprint density at radius 1 is 1.03 bits per heavy atom. The predicted octanol–water partition coefficient (Wildman–Crippen LogP) is 4.19. The molecule has 2 aromatic rings. The van der Waals surface area contributed by atoms with Crippen molar-refractivity contribution in [2.45, 2.75) is 71.0 Å². The van der Waals surface area contributed by atoms with Crippen LogP contribution in [0.25, 0.3) is 0 Å². The number of carbonyl (C=O) groups excluding carboxylic acids is 2. The second-order valence-corrected chi connectivity index (χ2v) is 11.7. The first-order valence-electron chi connectivity index (χ1n) is 12.4. The molecule has 0 radical (unpaired) electrons. The van der Waals surface area contributed by atoms with E-state index in [4.69, 9.17) is 0 Å². The number of nitrogens with one attached hydrogen (secondary N) is 1. The number of amides is 2. The summed E-state index contributed by atoms with van der Waals surface area (Å²) < 4.78 is 40.2. The smallest absolute Gasteiger partial charge is 0.244 e. The molecule has 0 heterocycles. The molecule has 1 N–H and O–H groups in total. The van der Waals surface area contributed by atoms with E-state index in [0.717, 1.165) is 41.8 Å². The fourth-order valence-electron chi connectivity index (χ4n) is 4.56. The van der Waals surface area contributed by atoms with Crippen molar-refractivity contribution in [3.05, 3.63) is 65.5 Å². The average Bonchev–Trinajstić information content (AvgIpc) is 3.33. The molecular formula is C27H36FN3O4S. The van der Waals surface area contributed by atoms with Gasteiger partial charge in [0.05, 0.1) is 11.9 Å². The van der Waals surface area contributed by atoms with E-state index in [0.29, 0.717) is 11.3 Å². The molecular weight excluding hydrogens is 481 g/mol. The molecule has 1 atom stereocenters. The highest BCUT2D eigenvalue weighted by Gasteiger charge is 2.32. The summed E-state index contributed by atoms with van der Waals surface area (Å²) in [6.07, 6.45) is 4.97. The third-order valence-electron chi connectivity index (χ3n) is 6.64. The first-order chi connectivity index (χ1) is 17.0. The lowest BCUT2D eigenvalue weighted by atomic mass is 10.0. The first kappa shape index (κ1) is 27.6. The molecule has 0 unspecified atom stereocenters. The van der Waals surface area contributed by atoms with Gasteiger partial charge in [-0.3, -0.25) is 13.9 Å². The van der Waals surface area contributed by atoms with Crippen LogP contribution in [0, 0.1) is 5.82 Å². The quantitative estimate of drug-likeness (QED) is 0.512. The third-order valence-corrected chi connectivity index (χ3v) is 7.77. The summed E-state index contributed by atoms with van der Waals surface area (Å²) in [4.78, 5) is 28.1. The number of benzene rings is 2. The molecule has 1 fully saturated rings. The van der Waals surface area contributed by atoms with Crippen LogP contribution in [0.3, 0.4) is 0 Å². The molecule has 9 heteroatoms. The van der Waals surface area contributed by atoms with E-state index < -0.39 is 34.3 Å². The molecule has 0 spiro atoms. The van der Waals surface area contributed by atoms with Gasteiger partial charge >= 0.3 is 0 Å². The third kappa shape index (κ3) is 7.06. The van der Waals surface area contributed by atoms with Gasteiger partial charge in [-0.1, -0.05) is 57.0 Å². The summed E-state index contributed by atoms with van der Waals surface area (Å²) in [5.74, 6) is -1.17. The summed E-state index contributed by atoms with van der Waals surface area (Å²) in [5.41, 5.74) is 1.87. The Kier molecular flexibility index (Phi) is 9.11. The largest absolute Gasteiger partial charge is 0.352 e. The average molecular weight is 518 g/mol. The van der Waals surface area contributed by atoms with Gasteiger partial charge in [-0.25, -0.2) is 12.8 Å². The van der Waals surface area contributed by atoms with Gasteiger partial charge in [-0.05, 0) is 55.0 Å². The number of para-hydroxylation sites is 1. The summed E-state index contributed by atoms with van der Waals surface area (Å²) in [5, 5.41) is 3.02. The predicted molar refractivity (Wildman–Crippen MR) is 140 cm³/mol. The summed E-state index contributed by atoms with van der Waals surface area (Å²) >= 11 is 0. The van der Waals surface area contributed by atoms with E-state index in [1.54, 1.807) is 31.2 Å². The van der Waals surface area contributed by atoms with Gasteiger partial charge in [0.1, 0.15) is 18.4 Å². The van der Waals surface area contributed by atoms with E-state index >= 15 is 0 Å². The molecule has 0 aromatic heterocycles. The van der Waals surface area contributed by atoms with Crippen LogP contribution in [-0.4, -0.2) is 50.0 Å². The van der Waals surface area contributed by atoms with Gasteiger partial charge in [0.2, 0.25) is 21.8 Å². The van der Waals surface area contributed by atoms with Crippen LogP contribution in [0.5, 0.6) is 0 Å².